The number of hydrogen-bond donors (Lipinski definition) is 1. The van der Waals surface area contributed by atoms with Crippen molar-refractivity contribution in [3.8, 4) is 0 Å². The second-order valence-corrected chi connectivity index (χ2v) is 6.91. The van der Waals surface area contributed by atoms with Crippen LogP contribution in [0.3, 0.4) is 0 Å². The minimum Gasteiger partial charge on any atom is -0.351 e. The number of aromatic nitrogens is 2. The zero-order chi connectivity index (χ0) is 13.1. The molecule has 0 bridgehead atoms. The lowest BCUT2D eigenvalue weighted by atomic mass is 10.3. The van der Waals surface area contributed by atoms with Gasteiger partial charge < -0.3 is 5.32 Å². The van der Waals surface area contributed by atoms with Crippen LogP contribution in [0, 0.1) is 0 Å². The zero-order valence-electron chi connectivity index (χ0n) is 9.61. The minimum absolute atomic E-state index is 0.0476. The van der Waals surface area contributed by atoms with Crippen LogP contribution in [-0.2, 0) is 13.5 Å². The van der Waals surface area contributed by atoms with Crippen LogP contribution >= 0.6 is 43.2 Å². The average molecular weight is 393 g/mol. The van der Waals surface area contributed by atoms with Crippen molar-refractivity contribution in [2.75, 3.05) is 6.54 Å². The summed E-state index contributed by atoms with van der Waals surface area (Å²) in [6, 6.07) is 3.76. The van der Waals surface area contributed by atoms with Gasteiger partial charge in [-0.1, -0.05) is 0 Å². The van der Waals surface area contributed by atoms with E-state index >= 15 is 0 Å². The van der Waals surface area contributed by atoms with E-state index in [1.165, 1.54) is 11.3 Å². The Morgan fingerprint density at radius 2 is 2.33 bits per heavy atom. The van der Waals surface area contributed by atoms with Crippen LogP contribution in [0.25, 0.3) is 0 Å². The topological polar surface area (TPSA) is 46.9 Å². The summed E-state index contributed by atoms with van der Waals surface area (Å²) in [5.41, 5.74) is 1.10. The Balaban J connectivity index is 1.87. The van der Waals surface area contributed by atoms with Crippen LogP contribution in [0.5, 0.6) is 0 Å². The molecule has 0 saturated heterocycles. The number of hydrogen-bond acceptors (Lipinski definition) is 3. The molecule has 2 rings (SSSR count). The molecule has 96 valence electrons. The van der Waals surface area contributed by atoms with Gasteiger partial charge >= 0.3 is 0 Å². The molecule has 0 spiro atoms. The first kappa shape index (κ1) is 13.8. The van der Waals surface area contributed by atoms with E-state index < -0.39 is 0 Å². The number of aryl methyl sites for hydroxylation is 1. The quantitative estimate of drug-likeness (QED) is 0.869. The SMILES string of the molecule is Cn1nccc1CCNC(=O)c1cc(Br)c(Br)s1. The van der Waals surface area contributed by atoms with Gasteiger partial charge in [0.05, 0.1) is 8.66 Å². The molecule has 2 aromatic heterocycles. The number of amides is 1. The molecular formula is C11H11Br2N3OS. The van der Waals surface area contributed by atoms with Crippen molar-refractivity contribution in [1.29, 1.82) is 0 Å². The molecule has 0 aliphatic carbocycles. The van der Waals surface area contributed by atoms with Crippen molar-refractivity contribution in [3.63, 3.8) is 0 Å². The molecule has 0 saturated carbocycles. The predicted molar refractivity (Wildman–Crippen MR) is 79.0 cm³/mol. The Hall–Kier alpha value is -0.660. The third-order valence-electron chi connectivity index (χ3n) is 2.46. The van der Waals surface area contributed by atoms with Crippen LogP contribution in [-0.4, -0.2) is 22.2 Å². The van der Waals surface area contributed by atoms with Crippen molar-refractivity contribution in [1.82, 2.24) is 15.1 Å². The van der Waals surface area contributed by atoms with Gasteiger partial charge in [0.15, 0.2) is 0 Å². The number of halogens is 2. The Kier molecular flexibility index (Phi) is 4.58. The van der Waals surface area contributed by atoms with Crippen LogP contribution in [0.2, 0.25) is 0 Å². The number of thiophene rings is 1. The lowest BCUT2D eigenvalue weighted by Gasteiger charge is -2.03. The fourth-order valence-corrected chi connectivity index (χ4v) is 3.45. The van der Waals surface area contributed by atoms with E-state index in [1.807, 2.05) is 23.9 Å². The molecule has 2 aromatic rings. The molecule has 0 atom stereocenters. The van der Waals surface area contributed by atoms with E-state index in [-0.39, 0.29) is 5.91 Å². The Labute approximate surface area is 126 Å². The van der Waals surface area contributed by atoms with Crippen LogP contribution in [0.15, 0.2) is 26.6 Å². The van der Waals surface area contributed by atoms with E-state index in [9.17, 15) is 4.79 Å². The van der Waals surface area contributed by atoms with Crippen LogP contribution < -0.4 is 5.32 Å². The summed E-state index contributed by atoms with van der Waals surface area (Å²) in [7, 11) is 1.89. The highest BCUT2D eigenvalue weighted by Crippen LogP contribution is 2.32. The Morgan fingerprint density at radius 3 is 2.89 bits per heavy atom. The number of nitrogens with one attached hydrogen (secondary N) is 1. The molecule has 1 amide bonds. The minimum atomic E-state index is -0.0476. The summed E-state index contributed by atoms with van der Waals surface area (Å²) in [6.45, 7) is 0.603. The zero-order valence-corrected chi connectivity index (χ0v) is 13.6. The molecule has 0 fully saturated rings. The van der Waals surface area contributed by atoms with Crippen molar-refractivity contribution in [2.24, 2.45) is 7.05 Å². The molecule has 0 unspecified atom stereocenters. The maximum atomic E-state index is 11.9. The second-order valence-electron chi connectivity index (χ2n) is 3.68. The maximum absolute atomic E-state index is 11.9. The highest BCUT2D eigenvalue weighted by atomic mass is 79.9. The van der Waals surface area contributed by atoms with Gasteiger partial charge in [-0.05, 0) is 44.0 Å². The highest BCUT2D eigenvalue weighted by Gasteiger charge is 2.11. The maximum Gasteiger partial charge on any atom is 0.261 e. The molecule has 4 nitrogen and oxygen atoms in total. The molecule has 0 aromatic carbocycles. The van der Waals surface area contributed by atoms with E-state index in [0.29, 0.717) is 11.4 Å². The smallest absolute Gasteiger partial charge is 0.261 e. The van der Waals surface area contributed by atoms with E-state index in [0.717, 1.165) is 20.4 Å². The van der Waals surface area contributed by atoms with Gasteiger partial charge in [0.1, 0.15) is 0 Å². The van der Waals surface area contributed by atoms with E-state index in [2.05, 4.69) is 42.3 Å². The summed E-state index contributed by atoms with van der Waals surface area (Å²) in [6.07, 6.45) is 2.53. The van der Waals surface area contributed by atoms with Crippen molar-refractivity contribution < 1.29 is 4.79 Å². The Bertz CT molecular complexity index is 545. The molecule has 0 aliphatic rings. The number of nitrogens with zero attached hydrogens (tertiary/aromatic N) is 2. The highest BCUT2D eigenvalue weighted by molar-refractivity contribution is 9.13. The van der Waals surface area contributed by atoms with Crippen LogP contribution in [0.1, 0.15) is 15.4 Å². The number of rotatable bonds is 4. The number of carbonyl (C=O) groups is 1. The summed E-state index contributed by atoms with van der Waals surface area (Å²) >= 11 is 8.15. The van der Waals surface area contributed by atoms with E-state index in [1.54, 1.807) is 6.20 Å². The van der Waals surface area contributed by atoms with Gasteiger partial charge in [-0.3, -0.25) is 9.48 Å². The predicted octanol–water partition coefficient (Wildman–Crippen LogP) is 2.98. The first-order chi connectivity index (χ1) is 8.58. The van der Waals surface area contributed by atoms with Gasteiger partial charge in [0, 0.05) is 36.4 Å². The summed E-state index contributed by atoms with van der Waals surface area (Å²) in [4.78, 5) is 12.6. The second kappa shape index (κ2) is 5.99. The average Bonchev–Trinajstić information content (AvgIpc) is 2.87. The number of carbonyl (C=O) groups excluding carboxylic acids is 1. The summed E-state index contributed by atoms with van der Waals surface area (Å²) < 4.78 is 3.65. The van der Waals surface area contributed by atoms with Gasteiger partial charge in [0.2, 0.25) is 0 Å². The van der Waals surface area contributed by atoms with Crippen molar-refractivity contribution in [3.05, 3.63) is 37.2 Å². The van der Waals surface area contributed by atoms with E-state index in [4.69, 9.17) is 0 Å². The van der Waals surface area contributed by atoms with Gasteiger partial charge in [0.25, 0.3) is 5.91 Å². The summed E-state index contributed by atoms with van der Waals surface area (Å²) in [5, 5.41) is 6.97. The largest absolute Gasteiger partial charge is 0.351 e. The lowest BCUT2D eigenvalue weighted by molar-refractivity contribution is 0.0958. The fraction of sp³-hybridized carbons (Fsp3) is 0.273. The van der Waals surface area contributed by atoms with Crippen molar-refractivity contribution in [2.45, 2.75) is 6.42 Å². The molecule has 0 aliphatic heterocycles. The summed E-state index contributed by atoms with van der Waals surface area (Å²) in [5.74, 6) is -0.0476. The molecule has 0 radical (unpaired) electrons. The molecule has 1 N–H and O–H groups in total. The van der Waals surface area contributed by atoms with Gasteiger partial charge in [-0.15, -0.1) is 11.3 Å². The standard InChI is InChI=1S/C11H11Br2N3OS/c1-16-7(3-5-15-16)2-4-14-11(17)9-6-8(12)10(13)18-9/h3,5-6H,2,4H2,1H3,(H,14,17). The van der Waals surface area contributed by atoms with Crippen molar-refractivity contribution >= 4 is 49.1 Å². The monoisotopic (exact) mass is 391 g/mol. The third kappa shape index (κ3) is 3.21. The third-order valence-corrected chi connectivity index (χ3v) is 5.71. The molecule has 7 heteroatoms. The van der Waals surface area contributed by atoms with Crippen LogP contribution in [0.4, 0.5) is 0 Å². The first-order valence-corrected chi connectivity index (χ1v) is 7.68. The lowest BCUT2D eigenvalue weighted by Crippen LogP contribution is -2.25. The molecule has 2 heterocycles. The first-order valence-electron chi connectivity index (χ1n) is 5.28. The molecule has 18 heavy (non-hydrogen) atoms. The molecular weight excluding hydrogens is 382 g/mol. The Morgan fingerprint density at radius 1 is 1.56 bits per heavy atom. The van der Waals surface area contributed by atoms with Gasteiger partial charge in [-0.25, -0.2) is 0 Å². The normalized spacial score (nSPS) is 10.6. The van der Waals surface area contributed by atoms with Gasteiger partial charge in [-0.2, -0.15) is 5.10 Å². The fourth-order valence-electron chi connectivity index (χ4n) is 1.50.